The predicted octanol–water partition coefficient (Wildman–Crippen LogP) is 4.18. The summed E-state index contributed by atoms with van der Waals surface area (Å²) in [5, 5.41) is 0. The molecule has 1 amide bonds. The van der Waals surface area contributed by atoms with Crippen LogP contribution < -0.4 is 10.6 Å². The summed E-state index contributed by atoms with van der Waals surface area (Å²) in [5.74, 6) is 0.618. The van der Waals surface area contributed by atoms with Crippen molar-refractivity contribution in [1.82, 2.24) is 14.1 Å². The minimum atomic E-state index is -0.728. The van der Waals surface area contributed by atoms with E-state index in [9.17, 15) is 9.18 Å². The molecule has 6 rings (SSSR count). The first-order chi connectivity index (χ1) is 16.0. The molecule has 2 aromatic heterocycles. The number of primary amides is 1. The van der Waals surface area contributed by atoms with Crippen LogP contribution in [0.2, 0.25) is 0 Å². The van der Waals surface area contributed by atoms with Crippen molar-refractivity contribution in [3.8, 4) is 28.3 Å². The van der Waals surface area contributed by atoms with Gasteiger partial charge in [-0.3, -0.25) is 4.57 Å². The van der Waals surface area contributed by atoms with Gasteiger partial charge < -0.3 is 19.9 Å². The lowest BCUT2D eigenvalue weighted by Crippen LogP contribution is -2.27. The van der Waals surface area contributed by atoms with E-state index in [1.807, 2.05) is 6.20 Å². The number of aromatic nitrogens is 3. The minimum absolute atomic E-state index is 0.184. The molecule has 166 valence electrons. The molecule has 0 bridgehead atoms. The van der Waals surface area contributed by atoms with Gasteiger partial charge in [0.1, 0.15) is 11.9 Å². The Balaban J connectivity index is 1.37. The first kappa shape index (κ1) is 19.6. The number of nitrogens with zero attached hydrogens (tertiary/aromatic N) is 4. The molecule has 0 spiro atoms. The summed E-state index contributed by atoms with van der Waals surface area (Å²) >= 11 is 0. The Bertz CT molecular complexity index is 1360. The van der Waals surface area contributed by atoms with Gasteiger partial charge in [0.05, 0.1) is 17.9 Å². The summed E-state index contributed by atoms with van der Waals surface area (Å²) in [4.78, 5) is 18.0. The molecule has 4 heterocycles. The standard InChI is InChI=1S/C25H22FN5O2/c26-19-3-1-16(2-4-19)17-12-23-24-28-8-10-31(24)22-6-5-20(11-18(22)14-30(23)13-17)29-9-7-21(15-29)33-25(27)32/h1-6,8,10-13,21H,7,9,14-15H2,(H2,27,32)/t21-/m1/s1. The van der Waals surface area contributed by atoms with Gasteiger partial charge in [-0.15, -0.1) is 0 Å². The monoisotopic (exact) mass is 443 g/mol. The van der Waals surface area contributed by atoms with Crippen molar-refractivity contribution in [2.45, 2.75) is 19.1 Å². The van der Waals surface area contributed by atoms with Crippen LogP contribution in [0.1, 0.15) is 12.0 Å². The molecule has 0 aliphatic carbocycles. The number of nitrogens with two attached hydrogens (primary N) is 1. The highest BCUT2D eigenvalue weighted by Gasteiger charge is 2.27. The summed E-state index contributed by atoms with van der Waals surface area (Å²) in [6.07, 6.45) is 5.72. The molecule has 1 atom stereocenters. The Hall–Kier alpha value is -4.07. The number of hydrogen-bond donors (Lipinski definition) is 1. The van der Waals surface area contributed by atoms with Gasteiger partial charge in [0.2, 0.25) is 0 Å². The first-order valence-corrected chi connectivity index (χ1v) is 10.9. The number of carbonyl (C=O) groups is 1. The van der Waals surface area contributed by atoms with Gasteiger partial charge in [0.25, 0.3) is 0 Å². The third-order valence-electron chi connectivity index (χ3n) is 6.40. The molecule has 0 saturated carbocycles. The zero-order valence-electron chi connectivity index (χ0n) is 17.8. The number of benzene rings is 2. The van der Waals surface area contributed by atoms with Gasteiger partial charge in [0.15, 0.2) is 5.82 Å². The van der Waals surface area contributed by atoms with Crippen LogP contribution in [0.5, 0.6) is 0 Å². The molecule has 2 aliphatic rings. The van der Waals surface area contributed by atoms with Crippen molar-refractivity contribution < 1.29 is 13.9 Å². The quantitative estimate of drug-likeness (QED) is 0.454. The molecule has 1 fully saturated rings. The lowest BCUT2D eigenvalue weighted by molar-refractivity contribution is 0.117. The summed E-state index contributed by atoms with van der Waals surface area (Å²) in [6.45, 7) is 2.11. The molecule has 1 saturated heterocycles. The third kappa shape index (κ3) is 3.44. The van der Waals surface area contributed by atoms with E-state index in [2.05, 4.69) is 49.5 Å². The number of anilines is 1. The Morgan fingerprint density at radius 3 is 2.79 bits per heavy atom. The topological polar surface area (TPSA) is 78.3 Å². The SMILES string of the molecule is NC(=O)O[C@@H]1CCN(c2ccc3c(c2)Cn2cc(-c4ccc(F)cc4)cc2-c2nccn2-3)C1. The molecule has 33 heavy (non-hydrogen) atoms. The molecule has 2 N–H and O–H groups in total. The van der Waals surface area contributed by atoms with E-state index < -0.39 is 6.09 Å². The summed E-state index contributed by atoms with van der Waals surface area (Å²) in [6, 6.07) is 15.1. The molecule has 2 aliphatic heterocycles. The van der Waals surface area contributed by atoms with E-state index >= 15 is 0 Å². The minimum Gasteiger partial charge on any atom is -0.444 e. The van der Waals surface area contributed by atoms with Crippen LogP contribution in [0.25, 0.3) is 28.3 Å². The van der Waals surface area contributed by atoms with Gasteiger partial charge in [-0.25, -0.2) is 14.2 Å². The van der Waals surface area contributed by atoms with Gasteiger partial charge in [0, 0.05) is 49.4 Å². The second kappa shape index (κ2) is 7.51. The molecular formula is C25H22FN5O2. The number of carbonyl (C=O) groups excluding carboxylic acids is 1. The maximum atomic E-state index is 13.4. The van der Waals surface area contributed by atoms with Crippen LogP contribution in [0.3, 0.4) is 0 Å². The predicted molar refractivity (Wildman–Crippen MR) is 123 cm³/mol. The molecule has 0 radical (unpaired) electrons. The van der Waals surface area contributed by atoms with E-state index in [1.165, 1.54) is 12.1 Å². The molecule has 7 nitrogen and oxygen atoms in total. The van der Waals surface area contributed by atoms with Crippen molar-refractivity contribution in [2.24, 2.45) is 5.73 Å². The zero-order valence-corrected chi connectivity index (χ0v) is 17.8. The van der Waals surface area contributed by atoms with Crippen molar-refractivity contribution >= 4 is 11.8 Å². The number of hydrogen-bond acceptors (Lipinski definition) is 4. The van der Waals surface area contributed by atoms with Gasteiger partial charge >= 0.3 is 6.09 Å². The fraction of sp³-hybridized carbons (Fsp3) is 0.200. The van der Waals surface area contributed by atoms with E-state index in [-0.39, 0.29) is 11.9 Å². The smallest absolute Gasteiger partial charge is 0.404 e. The summed E-state index contributed by atoms with van der Waals surface area (Å²) < 4.78 is 22.9. The van der Waals surface area contributed by atoms with E-state index in [4.69, 9.17) is 10.5 Å². The number of ether oxygens (including phenoxy) is 1. The zero-order chi connectivity index (χ0) is 22.5. The lowest BCUT2D eigenvalue weighted by atomic mass is 10.1. The fourth-order valence-electron chi connectivity index (χ4n) is 4.85. The van der Waals surface area contributed by atoms with Gasteiger partial charge in [-0.05, 0) is 47.5 Å². The van der Waals surface area contributed by atoms with Crippen LogP contribution in [-0.2, 0) is 11.3 Å². The van der Waals surface area contributed by atoms with Crippen molar-refractivity contribution in [2.75, 3.05) is 18.0 Å². The Morgan fingerprint density at radius 2 is 1.97 bits per heavy atom. The average Bonchev–Trinajstić information content (AvgIpc) is 3.53. The van der Waals surface area contributed by atoms with Crippen LogP contribution >= 0.6 is 0 Å². The largest absolute Gasteiger partial charge is 0.444 e. The lowest BCUT2D eigenvalue weighted by Gasteiger charge is -2.20. The Kier molecular flexibility index (Phi) is 4.46. The van der Waals surface area contributed by atoms with Crippen LogP contribution in [-0.4, -0.2) is 39.4 Å². The molecule has 2 aromatic carbocycles. The second-order valence-electron chi connectivity index (χ2n) is 8.48. The van der Waals surface area contributed by atoms with Crippen LogP contribution in [0.4, 0.5) is 14.9 Å². The number of imidazole rings is 1. The summed E-state index contributed by atoms with van der Waals surface area (Å²) in [7, 11) is 0. The first-order valence-electron chi connectivity index (χ1n) is 10.9. The van der Waals surface area contributed by atoms with Crippen molar-refractivity contribution in [1.29, 1.82) is 0 Å². The molecular weight excluding hydrogens is 421 g/mol. The van der Waals surface area contributed by atoms with Gasteiger partial charge in [-0.1, -0.05) is 12.1 Å². The second-order valence-corrected chi connectivity index (χ2v) is 8.48. The van der Waals surface area contributed by atoms with E-state index in [0.29, 0.717) is 13.1 Å². The molecule has 0 unspecified atom stereocenters. The number of rotatable bonds is 3. The average molecular weight is 443 g/mol. The highest BCUT2D eigenvalue weighted by molar-refractivity contribution is 5.72. The van der Waals surface area contributed by atoms with Crippen LogP contribution in [0, 0.1) is 5.82 Å². The van der Waals surface area contributed by atoms with E-state index in [1.54, 1.807) is 18.3 Å². The number of amides is 1. The highest BCUT2D eigenvalue weighted by atomic mass is 19.1. The maximum absolute atomic E-state index is 13.4. The van der Waals surface area contributed by atoms with Gasteiger partial charge in [-0.2, -0.15) is 0 Å². The normalized spacial score (nSPS) is 16.6. The number of halogens is 1. The Morgan fingerprint density at radius 1 is 1.12 bits per heavy atom. The molecule has 4 aromatic rings. The van der Waals surface area contributed by atoms with E-state index in [0.717, 1.165) is 52.5 Å². The third-order valence-corrected chi connectivity index (χ3v) is 6.40. The van der Waals surface area contributed by atoms with Crippen molar-refractivity contribution in [3.05, 3.63) is 78.5 Å². The summed E-state index contributed by atoms with van der Waals surface area (Å²) in [5.41, 5.74) is 11.5. The number of fused-ring (bicyclic) bond motifs is 5. The maximum Gasteiger partial charge on any atom is 0.404 e. The fourth-order valence-corrected chi connectivity index (χ4v) is 4.85. The highest BCUT2D eigenvalue weighted by Crippen LogP contribution is 2.35. The van der Waals surface area contributed by atoms with Crippen molar-refractivity contribution in [3.63, 3.8) is 0 Å². The van der Waals surface area contributed by atoms with Crippen LogP contribution in [0.15, 0.2) is 67.1 Å². The molecule has 8 heteroatoms. The Labute approximate surface area is 189 Å².